The van der Waals surface area contributed by atoms with Gasteiger partial charge < -0.3 is 9.80 Å². The lowest BCUT2D eigenvalue weighted by molar-refractivity contribution is -0.128. The summed E-state index contributed by atoms with van der Waals surface area (Å²) in [5, 5.41) is 15.1. The Kier molecular flexibility index (Phi) is 5.23. The van der Waals surface area contributed by atoms with Crippen LogP contribution in [0.4, 0.5) is 5.69 Å². The number of hydrogen-bond acceptors (Lipinski definition) is 6. The van der Waals surface area contributed by atoms with Crippen molar-refractivity contribution in [2.24, 2.45) is 10.1 Å². The van der Waals surface area contributed by atoms with Gasteiger partial charge in [-0.25, -0.2) is 0 Å². The van der Waals surface area contributed by atoms with E-state index in [1.807, 2.05) is 48.2 Å². The van der Waals surface area contributed by atoms with Gasteiger partial charge in [0.25, 0.3) is 5.91 Å². The Bertz CT molecular complexity index is 958. The van der Waals surface area contributed by atoms with Crippen LogP contribution >= 0.6 is 11.8 Å². The molecule has 0 unspecified atom stereocenters. The smallest absolute Gasteiger partial charge is 0.283 e. The first-order valence-corrected chi connectivity index (χ1v) is 10.3. The zero-order chi connectivity index (χ0) is 20.5. The molecule has 0 bridgehead atoms. The quantitative estimate of drug-likeness (QED) is 0.770. The van der Waals surface area contributed by atoms with Gasteiger partial charge in [0.2, 0.25) is 11.1 Å². The van der Waals surface area contributed by atoms with Crippen LogP contribution in [0.3, 0.4) is 0 Å². The summed E-state index contributed by atoms with van der Waals surface area (Å²) in [4.78, 5) is 32.8. The van der Waals surface area contributed by atoms with Gasteiger partial charge in [-0.05, 0) is 48.4 Å². The number of amidine groups is 2. The fourth-order valence-electron chi connectivity index (χ4n) is 3.35. The SMILES string of the molecule is CN(C)c1ccc(/C=C2/C(=N)N3N=C(CC(=O)N4CCCC4)SC3=NC2=O)cc1. The zero-order valence-electron chi connectivity index (χ0n) is 16.4. The van der Waals surface area contributed by atoms with Crippen molar-refractivity contribution in [2.45, 2.75) is 19.3 Å². The molecule has 0 spiro atoms. The Balaban J connectivity index is 1.52. The second-order valence-corrected chi connectivity index (χ2v) is 8.30. The van der Waals surface area contributed by atoms with Crippen molar-refractivity contribution in [3.05, 3.63) is 35.4 Å². The van der Waals surface area contributed by atoms with Crippen molar-refractivity contribution in [1.82, 2.24) is 9.91 Å². The van der Waals surface area contributed by atoms with E-state index in [0.29, 0.717) is 10.2 Å². The molecule has 1 aromatic carbocycles. The van der Waals surface area contributed by atoms with E-state index in [-0.39, 0.29) is 23.7 Å². The van der Waals surface area contributed by atoms with Crippen molar-refractivity contribution in [1.29, 1.82) is 5.41 Å². The van der Waals surface area contributed by atoms with Crippen LogP contribution in [0.15, 0.2) is 39.9 Å². The molecular weight excluding hydrogens is 388 g/mol. The van der Waals surface area contributed by atoms with Crippen molar-refractivity contribution in [2.75, 3.05) is 32.1 Å². The first kappa shape index (κ1) is 19.4. The second-order valence-electron chi connectivity index (χ2n) is 7.26. The summed E-state index contributed by atoms with van der Waals surface area (Å²) >= 11 is 1.19. The summed E-state index contributed by atoms with van der Waals surface area (Å²) in [6, 6.07) is 7.68. The predicted octanol–water partition coefficient (Wildman–Crippen LogP) is 2.38. The zero-order valence-corrected chi connectivity index (χ0v) is 17.2. The number of nitrogens with one attached hydrogen (secondary N) is 1. The van der Waals surface area contributed by atoms with Crippen LogP contribution in [-0.4, -0.2) is 65.0 Å². The fraction of sp³-hybridized carbons (Fsp3) is 0.350. The molecule has 3 aliphatic heterocycles. The number of hydrogen-bond donors (Lipinski definition) is 1. The molecule has 1 N–H and O–H groups in total. The minimum atomic E-state index is -0.465. The lowest BCUT2D eigenvalue weighted by atomic mass is 10.1. The summed E-state index contributed by atoms with van der Waals surface area (Å²) in [5.41, 5.74) is 2.04. The summed E-state index contributed by atoms with van der Waals surface area (Å²) in [6.45, 7) is 1.57. The van der Waals surface area contributed by atoms with Crippen LogP contribution in [0.1, 0.15) is 24.8 Å². The second kappa shape index (κ2) is 7.82. The van der Waals surface area contributed by atoms with Crippen LogP contribution in [0.2, 0.25) is 0 Å². The van der Waals surface area contributed by atoms with Gasteiger partial charge in [-0.2, -0.15) is 15.1 Å². The maximum Gasteiger partial charge on any atom is 0.283 e. The number of carbonyl (C=O) groups is 2. The molecular formula is C20H22N6O2S. The maximum absolute atomic E-state index is 12.5. The highest BCUT2D eigenvalue weighted by Gasteiger charge is 2.36. The van der Waals surface area contributed by atoms with E-state index in [1.54, 1.807) is 6.08 Å². The minimum absolute atomic E-state index is 0.0205. The van der Waals surface area contributed by atoms with E-state index in [2.05, 4.69) is 10.1 Å². The number of aliphatic imine (C=N–C) groups is 1. The van der Waals surface area contributed by atoms with Gasteiger partial charge in [0, 0.05) is 32.9 Å². The number of hydrazone groups is 1. The molecule has 1 fully saturated rings. The van der Waals surface area contributed by atoms with Crippen molar-refractivity contribution < 1.29 is 9.59 Å². The van der Waals surface area contributed by atoms with Gasteiger partial charge in [0.05, 0.1) is 12.0 Å². The summed E-state index contributed by atoms with van der Waals surface area (Å²) in [6.07, 6.45) is 3.89. The summed E-state index contributed by atoms with van der Waals surface area (Å²) < 4.78 is 0. The molecule has 0 aromatic heterocycles. The molecule has 3 heterocycles. The molecule has 29 heavy (non-hydrogen) atoms. The number of fused-ring (bicyclic) bond motifs is 1. The Morgan fingerprint density at radius 3 is 2.59 bits per heavy atom. The number of amides is 2. The third-order valence-corrected chi connectivity index (χ3v) is 5.89. The van der Waals surface area contributed by atoms with Crippen LogP contribution in [0, 0.1) is 5.41 Å². The highest BCUT2D eigenvalue weighted by Crippen LogP contribution is 2.30. The molecule has 8 nitrogen and oxygen atoms in total. The highest BCUT2D eigenvalue weighted by molar-refractivity contribution is 8.27. The largest absolute Gasteiger partial charge is 0.378 e. The lowest BCUT2D eigenvalue weighted by Crippen LogP contribution is -2.35. The van der Waals surface area contributed by atoms with E-state index in [0.717, 1.165) is 37.2 Å². The van der Waals surface area contributed by atoms with E-state index in [4.69, 9.17) is 5.41 Å². The van der Waals surface area contributed by atoms with E-state index < -0.39 is 5.91 Å². The van der Waals surface area contributed by atoms with Crippen molar-refractivity contribution in [3.8, 4) is 0 Å². The number of likely N-dealkylation sites (tertiary alicyclic amines) is 1. The number of carbonyl (C=O) groups excluding carboxylic acids is 2. The third kappa shape index (κ3) is 3.95. The molecule has 0 atom stereocenters. The molecule has 4 rings (SSSR count). The molecule has 0 aliphatic carbocycles. The molecule has 0 radical (unpaired) electrons. The van der Waals surface area contributed by atoms with Gasteiger partial charge in [-0.1, -0.05) is 12.1 Å². The van der Waals surface area contributed by atoms with Crippen LogP contribution in [0.25, 0.3) is 6.08 Å². The van der Waals surface area contributed by atoms with Crippen LogP contribution in [0.5, 0.6) is 0 Å². The topological polar surface area (TPSA) is 92.4 Å². The average Bonchev–Trinajstić information content (AvgIpc) is 3.35. The predicted molar refractivity (Wildman–Crippen MR) is 116 cm³/mol. The summed E-state index contributed by atoms with van der Waals surface area (Å²) in [5.74, 6) is -0.454. The number of anilines is 1. The van der Waals surface area contributed by atoms with E-state index >= 15 is 0 Å². The Morgan fingerprint density at radius 1 is 1.24 bits per heavy atom. The van der Waals surface area contributed by atoms with E-state index in [1.165, 1.54) is 16.8 Å². The maximum atomic E-state index is 12.5. The van der Waals surface area contributed by atoms with Crippen LogP contribution in [-0.2, 0) is 9.59 Å². The summed E-state index contributed by atoms with van der Waals surface area (Å²) in [7, 11) is 3.92. The van der Waals surface area contributed by atoms with Gasteiger partial charge in [-0.3, -0.25) is 15.0 Å². The molecule has 0 saturated carbocycles. The molecule has 1 aromatic rings. The molecule has 150 valence electrons. The van der Waals surface area contributed by atoms with Gasteiger partial charge in [0.15, 0.2) is 5.84 Å². The Labute approximate surface area is 173 Å². The Morgan fingerprint density at radius 2 is 1.93 bits per heavy atom. The number of rotatable bonds is 4. The van der Waals surface area contributed by atoms with Gasteiger partial charge >= 0.3 is 0 Å². The number of benzene rings is 1. The van der Waals surface area contributed by atoms with Crippen LogP contribution < -0.4 is 4.90 Å². The molecule has 9 heteroatoms. The number of thioether (sulfide) groups is 1. The Hall–Kier alpha value is -2.94. The average molecular weight is 411 g/mol. The van der Waals surface area contributed by atoms with Crippen molar-refractivity contribution in [3.63, 3.8) is 0 Å². The monoisotopic (exact) mass is 410 g/mol. The van der Waals surface area contributed by atoms with E-state index in [9.17, 15) is 9.59 Å². The van der Waals surface area contributed by atoms with Gasteiger partial charge in [-0.15, -0.1) is 0 Å². The molecule has 2 amide bonds. The molecule has 3 aliphatic rings. The van der Waals surface area contributed by atoms with Gasteiger partial charge in [0.1, 0.15) is 5.04 Å². The standard InChI is InChI=1S/C20H22N6O2S/c1-24(2)14-7-5-13(6-8-14)11-15-18(21)26-20(22-19(15)28)29-16(23-26)12-17(27)25-9-3-4-10-25/h5-8,11,21H,3-4,9-10,12H2,1-2H3/b15-11-,21-18?. The number of nitrogens with zero attached hydrogens (tertiary/aromatic N) is 5. The third-order valence-electron chi connectivity index (χ3n) is 4.98. The lowest BCUT2D eigenvalue weighted by Gasteiger charge is -2.20. The fourth-order valence-corrected chi connectivity index (χ4v) is 4.22. The first-order valence-electron chi connectivity index (χ1n) is 9.46. The first-order chi connectivity index (χ1) is 13.9. The van der Waals surface area contributed by atoms with Crippen molar-refractivity contribution >= 4 is 51.4 Å². The molecule has 1 saturated heterocycles. The highest BCUT2D eigenvalue weighted by atomic mass is 32.2. The minimum Gasteiger partial charge on any atom is -0.378 e. The normalized spacial score (nSPS) is 20.1.